The first-order valence-corrected chi connectivity index (χ1v) is 49.4. The fourth-order valence-electron chi connectivity index (χ4n) is 18.4. The second kappa shape index (κ2) is 42.6. The van der Waals surface area contributed by atoms with Gasteiger partial charge in [0.05, 0.1) is 31.8 Å². The van der Waals surface area contributed by atoms with Crippen LogP contribution in [0.15, 0.2) is 345 Å². The molecule has 3 unspecified atom stereocenters. The molecule has 2 saturated carbocycles. The number of carbonyl (C=O) groups is 7. The minimum Gasteiger partial charge on any atom is -0.497 e. The Morgan fingerprint density at radius 1 is 0.472 bits per heavy atom. The molecule has 7 aliphatic rings. The number of hydrogen-bond donors (Lipinski definition) is 6. The highest BCUT2D eigenvalue weighted by atomic mass is 32.1. The molecule has 0 bridgehead atoms. The average molecular weight is 1980 g/mol. The number of carbonyl (C=O) groups excluding carboxylic acids is 7. The van der Waals surface area contributed by atoms with Crippen LogP contribution in [0.25, 0.3) is 10.4 Å². The van der Waals surface area contributed by atoms with Crippen molar-refractivity contribution in [2.75, 3.05) is 33.1 Å². The maximum atomic E-state index is 16.3. The van der Waals surface area contributed by atoms with Crippen LogP contribution in [0, 0.1) is 34.5 Å². The Bertz CT molecular complexity index is 7050. The molecule has 6 amide bonds. The molecule has 3 aromatic heterocycles. The fraction of sp³-hybridized carbons (Fsp3) is 0.232. The van der Waals surface area contributed by atoms with E-state index < -0.39 is 45.2 Å². The summed E-state index contributed by atoms with van der Waals surface area (Å²) in [6, 6.07) is 97.7. The standard InChI is InChI=1S/C29H31N3O3.C26H24N4O2.C20H17N3OS.C19H17F3N4OS.C18H16N4OS/c1-35-26-18-11-12-22(21-26)20-25(33)17-9-4-10-19-32-27(34)29(31-28(32)30,23-13-5-2-6-14-23)24-15-7-3-8-16-24;27-25-29-26(20-9-3-1-4-10-20,21-11-5-2-6-12-21)24(32)30(25)17-18-8-7-13-22(16-18)28-23(31)19-14-15-19;21-19-22-20(16-7-3-1-4-8-16,17-9-5-2-6-10-17)18(24)23(19)13-15-11-12-25-14-15;1-17(20,14-9-8-13(10-23)28-14)19(15(27)26(3)16(24)25-19)12-6-4-11(5-7-12)18(2,21)22;1-22-16(23)18(13-5-6-13,21-17(22)20)15-8-7-14(24-15)12-4-2-3-11(9-12)10-19/h2-3,5-8,11-16,18,21H,4,9-10,17,19-20H2,1H3,(H2,30,31);1-13,16,19H,14-15,17H2,(H2,27,29)(H,28,31);1-12,14H,13H2,(H2,21,22);4-9H,1-3H3,(H2,24,25);2-4,7-9,13H,5-6H2,1H3,(H2,20,21). The quantitative estimate of drug-likeness (QED) is 0.0248. The lowest BCUT2D eigenvalue weighted by atomic mass is 9.75. The molecule has 3 atom stereocenters. The molecule has 0 radical (unpaired) electrons. The summed E-state index contributed by atoms with van der Waals surface area (Å²) < 4.78 is 48.7. The number of halogens is 3. The van der Waals surface area contributed by atoms with E-state index >= 15 is 4.39 Å². The molecule has 13 aromatic rings. The molecule has 32 heteroatoms. The van der Waals surface area contributed by atoms with Gasteiger partial charge in [-0.1, -0.05) is 249 Å². The van der Waals surface area contributed by atoms with Crippen molar-refractivity contribution in [2.24, 2.45) is 65.5 Å². The summed E-state index contributed by atoms with van der Waals surface area (Å²) in [6.45, 7) is 3.09. The number of aliphatic imine (C=N–C) groups is 5. The van der Waals surface area contributed by atoms with Gasteiger partial charge in [-0.3, -0.25) is 58.1 Å². The van der Waals surface area contributed by atoms with E-state index in [-0.39, 0.29) is 104 Å². The second-order valence-electron chi connectivity index (χ2n) is 36.0. The largest absolute Gasteiger partial charge is 0.497 e. The number of nitrogens with one attached hydrogen (secondary N) is 1. The van der Waals surface area contributed by atoms with E-state index in [0.29, 0.717) is 31.5 Å². The SMILES string of the molecule is CN1C(=O)C(c2ccc(-c3cccc(C#N)c3)s2)(C2CC2)N=C1N.CN1C(=O)C(c2ccc(C(C)(F)F)cc2)(C(C)(F)c2ccc(C#N)s2)N=C1N.COc1cccc(CC(=O)CCCCCN2C(=O)C(c3ccccc3)(c3ccccc3)N=C2N)c1.NC1=NC(c2ccccc2)(c2ccccc2)C(=O)N1Cc1cccc(NC(=O)C2CC2)c1.NC1=NC(c2ccccc2)(c2ccccc2)C(=O)N1Cc1ccsc1. The third kappa shape index (κ3) is 20.3. The number of benzene rings is 10. The highest BCUT2D eigenvalue weighted by Crippen LogP contribution is 2.56. The predicted octanol–water partition coefficient (Wildman–Crippen LogP) is 17.7. The molecule has 10 aromatic carbocycles. The van der Waals surface area contributed by atoms with Gasteiger partial charge in [0.1, 0.15) is 22.5 Å². The van der Waals surface area contributed by atoms with Crippen LogP contribution in [0.2, 0.25) is 0 Å². The molecule has 5 aliphatic heterocycles. The molecular weight excluding hydrogens is 1880 g/mol. The number of ketones is 1. The van der Waals surface area contributed by atoms with Crippen molar-refractivity contribution >= 4 is 111 Å². The molecule has 144 heavy (non-hydrogen) atoms. The fourth-order valence-corrected chi connectivity index (χ4v) is 21.2. The van der Waals surface area contributed by atoms with Gasteiger partial charge in [-0.05, 0) is 190 Å². The highest BCUT2D eigenvalue weighted by molar-refractivity contribution is 7.15. The van der Waals surface area contributed by atoms with Crippen LogP contribution in [0.4, 0.5) is 18.9 Å². The smallest absolute Gasteiger partial charge is 0.270 e. The molecule has 2 fully saturated rings. The number of ether oxygens (including phenoxy) is 1. The first-order chi connectivity index (χ1) is 69.3. The van der Waals surface area contributed by atoms with Gasteiger partial charge < -0.3 is 38.7 Å². The van der Waals surface area contributed by atoms with Gasteiger partial charge in [0, 0.05) is 72.2 Å². The van der Waals surface area contributed by atoms with Crippen molar-refractivity contribution in [1.82, 2.24) is 24.5 Å². The van der Waals surface area contributed by atoms with E-state index in [1.807, 2.05) is 284 Å². The zero-order chi connectivity index (χ0) is 102. The normalized spacial score (nSPS) is 18.3. The number of alkyl halides is 3. The van der Waals surface area contributed by atoms with Crippen molar-refractivity contribution in [1.29, 1.82) is 10.5 Å². The van der Waals surface area contributed by atoms with Crippen LogP contribution in [0.1, 0.15) is 147 Å². The molecule has 0 saturated heterocycles. The number of methoxy groups -OCH3 is 1. The Morgan fingerprint density at radius 3 is 1.42 bits per heavy atom. The Morgan fingerprint density at radius 2 is 0.965 bits per heavy atom. The first kappa shape index (κ1) is 101. The van der Waals surface area contributed by atoms with Crippen LogP contribution >= 0.6 is 34.0 Å². The molecule has 11 N–H and O–H groups in total. The van der Waals surface area contributed by atoms with Gasteiger partial charge in [0.25, 0.3) is 35.5 Å². The van der Waals surface area contributed by atoms with Crippen LogP contribution in [-0.4, -0.2) is 123 Å². The molecule has 2 aliphatic carbocycles. The summed E-state index contributed by atoms with van der Waals surface area (Å²) >= 11 is 4.05. The minimum absolute atomic E-state index is 0.0401. The Labute approximate surface area is 844 Å². The van der Waals surface area contributed by atoms with Gasteiger partial charge in [-0.2, -0.15) is 21.9 Å². The van der Waals surface area contributed by atoms with E-state index in [4.69, 9.17) is 53.9 Å². The summed E-state index contributed by atoms with van der Waals surface area (Å²) in [5, 5.41) is 25.1. The Hall–Kier alpha value is -16.3. The van der Waals surface area contributed by atoms with Crippen LogP contribution in [0.3, 0.4) is 0 Å². The topological polar surface area (TPSA) is 396 Å². The van der Waals surface area contributed by atoms with Gasteiger partial charge in [0.2, 0.25) is 11.4 Å². The summed E-state index contributed by atoms with van der Waals surface area (Å²) in [7, 11) is 4.66. The third-order valence-electron chi connectivity index (χ3n) is 26.4. The zero-order valence-corrected chi connectivity index (χ0v) is 82.1. The number of rotatable bonds is 28. The Kier molecular flexibility index (Phi) is 29.8. The number of anilines is 1. The summed E-state index contributed by atoms with van der Waals surface area (Å²) in [5.41, 5.74) is 31.5. The van der Waals surface area contributed by atoms with Crippen molar-refractivity contribution in [3.05, 3.63) is 402 Å². The van der Waals surface area contributed by atoms with E-state index in [0.717, 1.165) is 157 Å². The highest BCUT2D eigenvalue weighted by Gasteiger charge is 2.64. The van der Waals surface area contributed by atoms with Crippen molar-refractivity contribution < 1.29 is 51.5 Å². The Balaban J connectivity index is 0.000000130. The van der Waals surface area contributed by atoms with E-state index in [1.165, 1.54) is 48.0 Å². The van der Waals surface area contributed by atoms with Crippen LogP contribution in [0.5, 0.6) is 5.75 Å². The number of nitrogens with zero attached hydrogens (tertiary/aromatic N) is 12. The molecule has 8 heterocycles. The van der Waals surface area contributed by atoms with E-state index in [1.54, 1.807) is 52.7 Å². The number of Topliss-reactive ketones (excluding diaryl/α,β-unsaturated/α-hetero) is 1. The van der Waals surface area contributed by atoms with Crippen molar-refractivity contribution in [3.63, 3.8) is 0 Å². The number of unbranched alkanes of at least 4 members (excludes halogenated alkanes) is 2. The lowest BCUT2D eigenvalue weighted by Gasteiger charge is -2.36. The number of hydrogen-bond acceptors (Lipinski definition) is 23. The molecule has 20 rings (SSSR count). The zero-order valence-electron chi connectivity index (χ0n) is 79.6. The summed E-state index contributed by atoms with van der Waals surface area (Å²) in [4.78, 5) is 124. The van der Waals surface area contributed by atoms with Crippen LogP contribution < -0.4 is 38.7 Å². The summed E-state index contributed by atoms with van der Waals surface area (Å²) in [5.74, 6) is -2.18. The monoisotopic (exact) mass is 1980 g/mol. The first-order valence-electron chi connectivity index (χ1n) is 46.8. The second-order valence-corrected chi connectivity index (χ2v) is 38.9. The van der Waals surface area contributed by atoms with Gasteiger partial charge in [-0.15, -0.1) is 22.7 Å². The van der Waals surface area contributed by atoms with Crippen molar-refractivity contribution in [2.45, 2.75) is 124 Å². The maximum absolute atomic E-state index is 16.3. The third-order valence-corrected chi connectivity index (χ3v) is 29.5. The van der Waals surface area contributed by atoms with E-state index in [9.17, 15) is 42.3 Å². The predicted molar refractivity (Wildman–Crippen MR) is 554 cm³/mol. The molecule has 0 spiro atoms. The van der Waals surface area contributed by atoms with Crippen LogP contribution in [-0.2, 0) is 92.4 Å². The number of amides is 6. The van der Waals surface area contributed by atoms with Gasteiger partial charge >= 0.3 is 0 Å². The lowest BCUT2D eigenvalue weighted by molar-refractivity contribution is -0.137. The van der Waals surface area contributed by atoms with Gasteiger partial charge in [-0.25, -0.2) is 38.1 Å². The van der Waals surface area contributed by atoms with Crippen molar-refractivity contribution in [3.8, 4) is 28.3 Å². The number of guanidine groups is 5. The number of thiophene rings is 3. The number of likely N-dealkylation sites (N-methyl/N-ethyl adjacent to an activating group) is 2. The molecule has 26 nitrogen and oxygen atoms in total. The van der Waals surface area contributed by atoms with E-state index in [2.05, 4.69) is 26.4 Å². The number of nitrogens with two attached hydrogens (primary N) is 5. The molecular formula is C112H105F3N18O8S3. The number of nitriles is 2. The average Bonchev–Trinajstić information content (AvgIpc) is 1.55. The lowest BCUT2D eigenvalue weighted by Crippen LogP contribution is -2.50. The maximum Gasteiger partial charge on any atom is 0.270 e. The summed E-state index contributed by atoms with van der Waals surface area (Å²) in [6.07, 6.45) is 7.12. The van der Waals surface area contributed by atoms with Gasteiger partial charge in [0.15, 0.2) is 57.6 Å². The minimum atomic E-state index is -3.08. The molecule has 730 valence electrons.